The number of amides is 1. The highest BCUT2D eigenvalue weighted by molar-refractivity contribution is 5.85. The number of primary amides is 1. The standard InChI is InChI=1S/C31H35N9O2/c1-20(21-10-5-4-6-11-21)40(2)31-38-29(34-17-15-22-12-7-8-14-26(22)42-3)37-30(39-31)36-25(27(32)41)18-23-19-35-28-24(23)13-9-16-33-28/h4-14,16,19-20,25H,15,17-18H2,1-3H3,(H2,32,41)(H,33,35)(H2,34,36,37,38,39)/t20-,25?/m0/s1. The van der Waals surface area contributed by atoms with Gasteiger partial charge in [-0.1, -0.05) is 48.5 Å². The van der Waals surface area contributed by atoms with Crippen LogP contribution in [0.4, 0.5) is 17.8 Å². The molecule has 5 aromatic rings. The molecule has 0 aliphatic heterocycles. The summed E-state index contributed by atoms with van der Waals surface area (Å²) in [6.45, 7) is 2.64. The van der Waals surface area contributed by atoms with Crippen LogP contribution in [0.3, 0.4) is 0 Å². The second-order valence-corrected chi connectivity index (χ2v) is 9.99. The normalized spacial score (nSPS) is 12.5. The molecule has 0 bridgehead atoms. The number of aromatic amines is 1. The number of hydrogen-bond donors (Lipinski definition) is 4. The summed E-state index contributed by atoms with van der Waals surface area (Å²) in [5, 5.41) is 7.41. The highest BCUT2D eigenvalue weighted by atomic mass is 16.5. The molecule has 5 rings (SSSR count). The third-order valence-electron chi connectivity index (χ3n) is 7.28. The Morgan fingerprint density at radius 1 is 1.00 bits per heavy atom. The van der Waals surface area contributed by atoms with Crippen LogP contribution in [-0.4, -0.2) is 57.6 Å². The number of carbonyl (C=O) groups excluding carboxylic acids is 1. The van der Waals surface area contributed by atoms with Gasteiger partial charge < -0.3 is 31.0 Å². The van der Waals surface area contributed by atoms with Crippen LogP contribution < -0.4 is 26.0 Å². The summed E-state index contributed by atoms with van der Waals surface area (Å²) in [5.74, 6) is 1.37. The number of H-pyrrole nitrogens is 1. The fourth-order valence-electron chi connectivity index (χ4n) is 4.79. The number of methoxy groups -OCH3 is 1. The lowest BCUT2D eigenvalue weighted by atomic mass is 10.1. The van der Waals surface area contributed by atoms with Gasteiger partial charge in [-0.2, -0.15) is 15.0 Å². The zero-order valence-electron chi connectivity index (χ0n) is 23.9. The number of nitrogens with zero attached hydrogens (tertiary/aromatic N) is 5. The molecule has 11 nitrogen and oxygen atoms in total. The lowest BCUT2D eigenvalue weighted by Crippen LogP contribution is -2.38. The summed E-state index contributed by atoms with van der Waals surface area (Å²) in [5.41, 5.74) is 9.68. The Morgan fingerprint density at radius 2 is 1.76 bits per heavy atom. The highest BCUT2D eigenvalue weighted by Gasteiger charge is 2.22. The van der Waals surface area contributed by atoms with Crippen molar-refractivity contribution in [1.29, 1.82) is 0 Å². The topological polar surface area (TPSA) is 147 Å². The summed E-state index contributed by atoms with van der Waals surface area (Å²) in [6, 6.07) is 21.0. The summed E-state index contributed by atoms with van der Waals surface area (Å²) in [6.07, 6.45) is 4.58. The molecule has 3 aromatic heterocycles. The van der Waals surface area contributed by atoms with E-state index in [1.165, 1.54) is 0 Å². The van der Waals surface area contributed by atoms with E-state index in [0.29, 0.717) is 31.3 Å². The first-order chi connectivity index (χ1) is 20.4. The predicted molar refractivity (Wildman–Crippen MR) is 165 cm³/mol. The van der Waals surface area contributed by atoms with E-state index in [1.807, 2.05) is 72.7 Å². The van der Waals surface area contributed by atoms with E-state index < -0.39 is 11.9 Å². The number of para-hydroxylation sites is 1. The molecule has 5 N–H and O–H groups in total. The van der Waals surface area contributed by atoms with E-state index >= 15 is 0 Å². The van der Waals surface area contributed by atoms with Crippen molar-refractivity contribution in [2.24, 2.45) is 5.73 Å². The van der Waals surface area contributed by atoms with Crippen LogP contribution in [0.2, 0.25) is 0 Å². The molecular formula is C31H35N9O2. The van der Waals surface area contributed by atoms with Crippen LogP contribution in [-0.2, 0) is 17.6 Å². The Balaban J connectivity index is 1.41. The Morgan fingerprint density at radius 3 is 2.55 bits per heavy atom. The van der Waals surface area contributed by atoms with Gasteiger partial charge in [-0.15, -0.1) is 0 Å². The van der Waals surface area contributed by atoms with E-state index in [9.17, 15) is 4.79 Å². The largest absolute Gasteiger partial charge is 0.496 e. The van der Waals surface area contributed by atoms with E-state index in [0.717, 1.165) is 33.5 Å². The first-order valence-corrected chi connectivity index (χ1v) is 13.8. The van der Waals surface area contributed by atoms with Gasteiger partial charge in [0.25, 0.3) is 0 Å². The van der Waals surface area contributed by atoms with E-state index in [-0.39, 0.29) is 12.0 Å². The average molecular weight is 566 g/mol. The van der Waals surface area contributed by atoms with Crippen LogP contribution in [0.5, 0.6) is 5.75 Å². The molecule has 1 amide bonds. The molecule has 0 saturated heterocycles. The van der Waals surface area contributed by atoms with Gasteiger partial charge in [0, 0.05) is 37.8 Å². The third-order valence-corrected chi connectivity index (χ3v) is 7.28. The second kappa shape index (κ2) is 13.0. The minimum atomic E-state index is -0.766. The van der Waals surface area contributed by atoms with Crippen molar-refractivity contribution in [3.05, 3.63) is 95.8 Å². The molecule has 3 heterocycles. The molecular weight excluding hydrogens is 530 g/mol. The Bertz CT molecular complexity index is 1640. The van der Waals surface area contributed by atoms with Crippen molar-refractivity contribution < 1.29 is 9.53 Å². The molecule has 0 aliphatic rings. The van der Waals surface area contributed by atoms with Gasteiger partial charge in [0.15, 0.2) is 0 Å². The van der Waals surface area contributed by atoms with Crippen LogP contribution in [0.25, 0.3) is 11.0 Å². The maximum absolute atomic E-state index is 12.6. The van der Waals surface area contributed by atoms with Crippen molar-refractivity contribution in [3.8, 4) is 5.75 Å². The number of carbonyl (C=O) groups is 1. The summed E-state index contributed by atoms with van der Waals surface area (Å²) >= 11 is 0. The molecule has 2 aromatic carbocycles. The van der Waals surface area contributed by atoms with Crippen LogP contribution in [0.15, 0.2) is 79.1 Å². The van der Waals surface area contributed by atoms with Gasteiger partial charge in [-0.25, -0.2) is 4.98 Å². The fraction of sp³-hybridized carbons (Fsp3) is 0.258. The maximum atomic E-state index is 12.6. The number of benzene rings is 2. The van der Waals surface area contributed by atoms with Gasteiger partial charge in [-0.05, 0) is 48.2 Å². The number of rotatable bonds is 13. The quantitative estimate of drug-likeness (QED) is 0.166. The maximum Gasteiger partial charge on any atom is 0.240 e. The van der Waals surface area contributed by atoms with Crippen molar-refractivity contribution in [3.63, 3.8) is 0 Å². The zero-order chi connectivity index (χ0) is 29.5. The third kappa shape index (κ3) is 6.57. The number of pyridine rings is 1. The van der Waals surface area contributed by atoms with Crippen LogP contribution >= 0.6 is 0 Å². The first kappa shape index (κ1) is 28.3. The number of ether oxygens (including phenoxy) is 1. The molecule has 1 unspecified atom stereocenters. The summed E-state index contributed by atoms with van der Waals surface area (Å²) in [4.78, 5) is 36.0. The monoisotopic (exact) mass is 565 g/mol. The molecule has 0 saturated carbocycles. The number of anilines is 3. The second-order valence-electron chi connectivity index (χ2n) is 9.99. The number of aromatic nitrogens is 5. The first-order valence-electron chi connectivity index (χ1n) is 13.8. The minimum Gasteiger partial charge on any atom is -0.496 e. The van der Waals surface area contributed by atoms with E-state index in [1.54, 1.807) is 13.3 Å². The molecule has 0 spiro atoms. The number of fused-ring (bicyclic) bond motifs is 1. The Hall–Kier alpha value is -5.19. The zero-order valence-corrected chi connectivity index (χ0v) is 23.9. The van der Waals surface area contributed by atoms with Crippen LogP contribution in [0, 0.1) is 0 Å². The Labute approximate surface area is 244 Å². The minimum absolute atomic E-state index is 0.0199. The summed E-state index contributed by atoms with van der Waals surface area (Å²) in [7, 11) is 3.59. The molecule has 216 valence electrons. The number of nitrogens with one attached hydrogen (secondary N) is 3. The molecule has 2 atom stereocenters. The number of hydrogen-bond acceptors (Lipinski definition) is 9. The van der Waals surface area contributed by atoms with Crippen molar-refractivity contribution in [2.75, 3.05) is 36.2 Å². The lowest BCUT2D eigenvalue weighted by molar-refractivity contribution is -0.118. The molecule has 11 heteroatoms. The van der Waals surface area contributed by atoms with Crippen LogP contribution in [0.1, 0.15) is 29.7 Å². The van der Waals surface area contributed by atoms with Gasteiger partial charge in [-0.3, -0.25) is 4.79 Å². The molecule has 42 heavy (non-hydrogen) atoms. The lowest BCUT2D eigenvalue weighted by Gasteiger charge is -2.26. The van der Waals surface area contributed by atoms with E-state index in [2.05, 4.69) is 44.6 Å². The van der Waals surface area contributed by atoms with E-state index in [4.69, 9.17) is 20.4 Å². The van der Waals surface area contributed by atoms with Crippen molar-refractivity contribution in [1.82, 2.24) is 24.9 Å². The molecule has 0 aliphatic carbocycles. The van der Waals surface area contributed by atoms with Gasteiger partial charge in [0.1, 0.15) is 17.4 Å². The Kier molecular flexibility index (Phi) is 8.76. The van der Waals surface area contributed by atoms with Gasteiger partial charge in [0.05, 0.1) is 13.2 Å². The predicted octanol–water partition coefficient (Wildman–Crippen LogP) is 4.12. The smallest absolute Gasteiger partial charge is 0.240 e. The van der Waals surface area contributed by atoms with Gasteiger partial charge in [0.2, 0.25) is 23.8 Å². The van der Waals surface area contributed by atoms with Gasteiger partial charge >= 0.3 is 0 Å². The van der Waals surface area contributed by atoms with Crippen molar-refractivity contribution >= 4 is 34.8 Å². The number of nitrogens with two attached hydrogens (primary N) is 1. The molecule has 0 radical (unpaired) electrons. The molecule has 0 fully saturated rings. The average Bonchev–Trinajstić information content (AvgIpc) is 3.43. The fourth-order valence-corrected chi connectivity index (χ4v) is 4.79. The van der Waals surface area contributed by atoms with Crippen molar-refractivity contribution in [2.45, 2.75) is 31.8 Å². The highest BCUT2D eigenvalue weighted by Crippen LogP contribution is 2.25. The SMILES string of the molecule is COc1ccccc1CCNc1nc(NC(Cc2c[nH]c3ncccc23)C(N)=O)nc(N(C)[C@@H](C)c2ccccc2)n1. The summed E-state index contributed by atoms with van der Waals surface area (Å²) < 4.78 is 5.49.